The molecular weight excluding hydrogens is 268 g/mol. The van der Waals surface area contributed by atoms with Gasteiger partial charge >= 0.3 is 0 Å². The first-order valence-corrected chi connectivity index (χ1v) is 7.13. The smallest absolute Gasteiger partial charge is 0.224 e. The van der Waals surface area contributed by atoms with Crippen LogP contribution in [0.1, 0.15) is 25.7 Å². The van der Waals surface area contributed by atoms with Gasteiger partial charge in [-0.3, -0.25) is 4.79 Å². The summed E-state index contributed by atoms with van der Waals surface area (Å²) in [4.78, 5) is 15.8. The molecule has 0 bridgehead atoms. The zero-order chi connectivity index (χ0) is 14.7. The normalized spacial score (nSPS) is 14.5. The van der Waals surface area contributed by atoms with Gasteiger partial charge in [-0.15, -0.1) is 0 Å². The fraction of sp³-hybridized carbons (Fsp3) is 0.375. The molecule has 0 radical (unpaired) electrons. The summed E-state index contributed by atoms with van der Waals surface area (Å²) in [5.74, 6) is 1.90. The van der Waals surface area contributed by atoms with Crippen molar-refractivity contribution in [3.8, 4) is 17.1 Å². The Morgan fingerprint density at radius 3 is 2.95 bits per heavy atom. The fourth-order valence-corrected chi connectivity index (χ4v) is 2.49. The Hall–Kier alpha value is -2.30. The topological polar surface area (TPSA) is 64.4 Å². The second kappa shape index (κ2) is 5.99. The third-order valence-corrected chi connectivity index (χ3v) is 3.88. The minimum atomic E-state index is 0.0640. The SMILES string of the molecule is COc1cc(NC(=O)CC2CCC2)ccc1-c1cnco1. The van der Waals surface area contributed by atoms with Crippen molar-refractivity contribution in [2.45, 2.75) is 25.7 Å². The van der Waals surface area contributed by atoms with Crippen LogP contribution in [0.25, 0.3) is 11.3 Å². The summed E-state index contributed by atoms with van der Waals surface area (Å²) in [6.07, 6.45) is 7.20. The molecule has 0 aliphatic heterocycles. The summed E-state index contributed by atoms with van der Waals surface area (Å²) >= 11 is 0. The van der Waals surface area contributed by atoms with Crippen molar-refractivity contribution >= 4 is 11.6 Å². The zero-order valence-corrected chi connectivity index (χ0v) is 12.0. The second-order valence-corrected chi connectivity index (χ2v) is 5.33. The van der Waals surface area contributed by atoms with Gasteiger partial charge in [-0.25, -0.2) is 4.98 Å². The van der Waals surface area contributed by atoms with Gasteiger partial charge in [-0.05, 0) is 30.9 Å². The molecule has 1 heterocycles. The fourth-order valence-electron chi connectivity index (χ4n) is 2.49. The minimum absolute atomic E-state index is 0.0640. The molecule has 2 aromatic rings. The van der Waals surface area contributed by atoms with Crippen LogP contribution in [0.2, 0.25) is 0 Å². The molecule has 0 unspecified atom stereocenters. The van der Waals surface area contributed by atoms with Crippen LogP contribution in [0.3, 0.4) is 0 Å². The first-order valence-electron chi connectivity index (χ1n) is 7.13. The van der Waals surface area contributed by atoms with E-state index in [-0.39, 0.29) is 5.91 Å². The Kier molecular flexibility index (Phi) is 3.90. The number of anilines is 1. The Bertz CT molecular complexity index is 618. The molecule has 1 aromatic carbocycles. The van der Waals surface area contributed by atoms with Gasteiger partial charge in [0.15, 0.2) is 12.2 Å². The number of hydrogen-bond acceptors (Lipinski definition) is 4. The highest BCUT2D eigenvalue weighted by Crippen LogP contribution is 2.33. The van der Waals surface area contributed by atoms with Crippen molar-refractivity contribution in [1.29, 1.82) is 0 Å². The van der Waals surface area contributed by atoms with E-state index in [1.54, 1.807) is 19.4 Å². The quantitative estimate of drug-likeness (QED) is 0.914. The molecule has 0 spiro atoms. The molecule has 1 aliphatic rings. The Morgan fingerprint density at radius 2 is 2.33 bits per heavy atom. The van der Waals surface area contributed by atoms with Crippen LogP contribution in [0.5, 0.6) is 5.75 Å². The number of benzene rings is 1. The third kappa shape index (κ3) is 3.07. The van der Waals surface area contributed by atoms with Crippen LogP contribution < -0.4 is 10.1 Å². The van der Waals surface area contributed by atoms with Crippen LogP contribution >= 0.6 is 0 Å². The molecule has 1 amide bonds. The molecular formula is C16H18N2O3. The maximum absolute atomic E-state index is 11.9. The molecule has 1 N–H and O–H groups in total. The number of methoxy groups -OCH3 is 1. The summed E-state index contributed by atoms with van der Waals surface area (Å²) in [6.45, 7) is 0. The molecule has 1 aromatic heterocycles. The molecule has 110 valence electrons. The largest absolute Gasteiger partial charge is 0.496 e. The van der Waals surface area contributed by atoms with E-state index in [0.717, 1.165) is 11.3 Å². The highest BCUT2D eigenvalue weighted by Gasteiger charge is 2.20. The van der Waals surface area contributed by atoms with Crippen LogP contribution in [0.15, 0.2) is 35.2 Å². The van der Waals surface area contributed by atoms with Crippen molar-refractivity contribution in [1.82, 2.24) is 4.98 Å². The number of carbonyl (C=O) groups is 1. The number of nitrogens with zero attached hydrogens (tertiary/aromatic N) is 1. The molecule has 5 heteroatoms. The van der Waals surface area contributed by atoms with E-state index in [2.05, 4.69) is 10.3 Å². The Labute approximate surface area is 123 Å². The Morgan fingerprint density at radius 1 is 1.48 bits per heavy atom. The zero-order valence-electron chi connectivity index (χ0n) is 12.0. The van der Waals surface area contributed by atoms with Crippen molar-refractivity contribution < 1.29 is 13.9 Å². The van der Waals surface area contributed by atoms with Crippen molar-refractivity contribution in [3.63, 3.8) is 0 Å². The standard InChI is InChI=1S/C16H18N2O3/c1-20-14-8-12(18-16(19)7-11-3-2-4-11)5-6-13(14)15-9-17-10-21-15/h5-6,8-11H,2-4,7H2,1H3,(H,18,19). The van der Waals surface area contributed by atoms with E-state index in [1.165, 1.54) is 25.7 Å². The van der Waals surface area contributed by atoms with Gasteiger partial charge in [0.25, 0.3) is 0 Å². The van der Waals surface area contributed by atoms with Crippen molar-refractivity contribution in [2.75, 3.05) is 12.4 Å². The van der Waals surface area contributed by atoms with Crippen LogP contribution in [-0.2, 0) is 4.79 Å². The number of hydrogen-bond donors (Lipinski definition) is 1. The average molecular weight is 286 g/mol. The van der Waals surface area contributed by atoms with E-state index in [0.29, 0.717) is 23.8 Å². The summed E-state index contributed by atoms with van der Waals surface area (Å²) in [7, 11) is 1.59. The lowest BCUT2D eigenvalue weighted by atomic mass is 9.83. The number of nitrogens with one attached hydrogen (secondary N) is 1. The molecule has 0 saturated heterocycles. The molecule has 1 aliphatic carbocycles. The van der Waals surface area contributed by atoms with E-state index in [9.17, 15) is 4.79 Å². The predicted molar refractivity (Wildman–Crippen MR) is 79.1 cm³/mol. The monoisotopic (exact) mass is 286 g/mol. The number of aromatic nitrogens is 1. The van der Waals surface area contributed by atoms with Crippen LogP contribution in [0.4, 0.5) is 5.69 Å². The third-order valence-electron chi connectivity index (χ3n) is 3.88. The molecule has 5 nitrogen and oxygen atoms in total. The lowest BCUT2D eigenvalue weighted by Gasteiger charge is -2.24. The molecule has 1 fully saturated rings. The highest BCUT2D eigenvalue weighted by molar-refractivity contribution is 5.91. The average Bonchev–Trinajstić information content (AvgIpc) is 2.97. The van der Waals surface area contributed by atoms with Gasteiger partial charge in [0.2, 0.25) is 5.91 Å². The highest BCUT2D eigenvalue weighted by atomic mass is 16.5. The van der Waals surface area contributed by atoms with Gasteiger partial charge in [0.05, 0.1) is 18.9 Å². The van der Waals surface area contributed by atoms with Gasteiger partial charge in [-0.1, -0.05) is 6.42 Å². The number of oxazole rings is 1. The van der Waals surface area contributed by atoms with E-state index in [1.807, 2.05) is 12.1 Å². The van der Waals surface area contributed by atoms with Crippen LogP contribution in [0, 0.1) is 5.92 Å². The number of rotatable bonds is 5. The molecule has 1 saturated carbocycles. The second-order valence-electron chi connectivity index (χ2n) is 5.33. The molecule has 0 atom stereocenters. The van der Waals surface area contributed by atoms with Crippen molar-refractivity contribution in [2.24, 2.45) is 5.92 Å². The first-order chi connectivity index (χ1) is 10.3. The Balaban J connectivity index is 1.73. The number of carbonyl (C=O) groups excluding carboxylic acids is 1. The maximum atomic E-state index is 11.9. The predicted octanol–water partition coefficient (Wildman–Crippen LogP) is 3.48. The van der Waals surface area contributed by atoms with Crippen LogP contribution in [-0.4, -0.2) is 18.0 Å². The molecule has 3 rings (SSSR count). The van der Waals surface area contributed by atoms with Gasteiger partial charge in [0.1, 0.15) is 5.75 Å². The lowest BCUT2D eigenvalue weighted by Crippen LogP contribution is -2.20. The van der Waals surface area contributed by atoms with Gasteiger partial charge in [0, 0.05) is 18.2 Å². The van der Waals surface area contributed by atoms with E-state index in [4.69, 9.17) is 9.15 Å². The van der Waals surface area contributed by atoms with Gasteiger partial charge < -0.3 is 14.5 Å². The first kappa shape index (κ1) is 13.7. The number of amides is 1. The maximum Gasteiger partial charge on any atom is 0.224 e. The summed E-state index contributed by atoms with van der Waals surface area (Å²) in [5.41, 5.74) is 1.55. The van der Waals surface area contributed by atoms with E-state index < -0.39 is 0 Å². The van der Waals surface area contributed by atoms with E-state index >= 15 is 0 Å². The molecule has 21 heavy (non-hydrogen) atoms. The lowest BCUT2D eigenvalue weighted by molar-refractivity contribution is -0.117. The van der Waals surface area contributed by atoms with Crippen molar-refractivity contribution in [3.05, 3.63) is 30.8 Å². The number of ether oxygens (including phenoxy) is 1. The summed E-state index contributed by atoms with van der Waals surface area (Å²) < 4.78 is 10.6. The summed E-state index contributed by atoms with van der Waals surface area (Å²) in [6, 6.07) is 5.51. The minimum Gasteiger partial charge on any atom is -0.496 e. The van der Waals surface area contributed by atoms with Gasteiger partial charge in [-0.2, -0.15) is 0 Å². The summed E-state index contributed by atoms with van der Waals surface area (Å²) in [5, 5.41) is 2.92.